The predicted octanol–water partition coefficient (Wildman–Crippen LogP) is 2.90. The van der Waals surface area contributed by atoms with Crippen molar-refractivity contribution in [1.82, 2.24) is 0 Å². The summed E-state index contributed by atoms with van der Waals surface area (Å²) in [5.74, 6) is -1.85. The Morgan fingerprint density at radius 2 is 1.95 bits per heavy atom. The van der Waals surface area contributed by atoms with Crippen LogP contribution in [0.3, 0.4) is 0 Å². The molecule has 0 spiro atoms. The molecule has 3 nitrogen and oxygen atoms in total. The minimum absolute atomic E-state index is 0.0164. The van der Waals surface area contributed by atoms with Gasteiger partial charge in [-0.1, -0.05) is 6.07 Å². The van der Waals surface area contributed by atoms with Gasteiger partial charge in [-0.2, -0.15) is 0 Å². The molecule has 0 fully saturated rings. The van der Waals surface area contributed by atoms with Crippen molar-refractivity contribution in [3.8, 4) is 0 Å². The van der Waals surface area contributed by atoms with Gasteiger partial charge in [-0.25, -0.2) is 13.6 Å². The Labute approximate surface area is 108 Å². The molecule has 0 bridgehead atoms. The summed E-state index contributed by atoms with van der Waals surface area (Å²) in [4.78, 5) is 11.7. The summed E-state index contributed by atoms with van der Waals surface area (Å²) >= 11 is 0. The van der Waals surface area contributed by atoms with Crippen molar-refractivity contribution >= 4 is 11.7 Å². The van der Waals surface area contributed by atoms with E-state index in [1.807, 2.05) is 0 Å². The second-order valence-corrected chi connectivity index (χ2v) is 3.94. The van der Waals surface area contributed by atoms with Crippen LogP contribution in [0.25, 0.3) is 0 Å². The summed E-state index contributed by atoms with van der Waals surface area (Å²) in [6, 6.07) is 9.18. The van der Waals surface area contributed by atoms with E-state index in [4.69, 9.17) is 10.5 Å². The molecule has 0 heterocycles. The maximum atomic E-state index is 13.3. The topological polar surface area (TPSA) is 52.3 Å². The molecule has 0 amide bonds. The van der Waals surface area contributed by atoms with Crippen molar-refractivity contribution < 1.29 is 18.3 Å². The SMILES string of the molecule is Nc1cccc(C(=O)OCc2cc(F)ccc2F)c1. The van der Waals surface area contributed by atoms with Crippen LogP contribution < -0.4 is 5.73 Å². The lowest BCUT2D eigenvalue weighted by atomic mass is 10.2. The lowest BCUT2D eigenvalue weighted by Gasteiger charge is -2.06. The van der Waals surface area contributed by atoms with Crippen LogP contribution in [-0.4, -0.2) is 5.97 Å². The van der Waals surface area contributed by atoms with E-state index in [0.29, 0.717) is 5.69 Å². The fourth-order valence-electron chi connectivity index (χ4n) is 1.55. The van der Waals surface area contributed by atoms with Crippen molar-refractivity contribution in [3.05, 3.63) is 65.2 Å². The highest BCUT2D eigenvalue weighted by Crippen LogP contribution is 2.13. The van der Waals surface area contributed by atoms with Gasteiger partial charge in [-0.15, -0.1) is 0 Å². The van der Waals surface area contributed by atoms with E-state index in [1.54, 1.807) is 12.1 Å². The molecule has 2 rings (SSSR count). The maximum absolute atomic E-state index is 13.3. The van der Waals surface area contributed by atoms with Crippen LogP contribution in [-0.2, 0) is 11.3 Å². The predicted molar refractivity (Wildman–Crippen MR) is 66.3 cm³/mol. The third-order valence-corrected chi connectivity index (χ3v) is 2.49. The molecule has 0 saturated carbocycles. The molecule has 2 aromatic carbocycles. The molecule has 2 N–H and O–H groups in total. The van der Waals surface area contributed by atoms with E-state index in [0.717, 1.165) is 18.2 Å². The quantitative estimate of drug-likeness (QED) is 0.684. The smallest absolute Gasteiger partial charge is 0.338 e. The number of hydrogen-bond donors (Lipinski definition) is 1. The number of ether oxygens (including phenoxy) is 1. The monoisotopic (exact) mass is 263 g/mol. The molecule has 2 aromatic rings. The molecule has 0 aromatic heterocycles. The Hall–Kier alpha value is -2.43. The van der Waals surface area contributed by atoms with Crippen molar-refractivity contribution in [2.45, 2.75) is 6.61 Å². The zero-order valence-electron chi connectivity index (χ0n) is 9.90. The summed E-state index contributed by atoms with van der Waals surface area (Å²) in [7, 11) is 0. The number of esters is 1. The van der Waals surface area contributed by atoms with E-state index >= 15 is 0 Å². The standard InChI is InChI=1S/C14H11F2NO2/c15-11-4-5-13(16)10(6-11)8-19-14(18)9-2-1-3-12(17)7-9/h1-7H,8,17H2. The Bertz CT molecular complexity index is 614. The zero-order valence-corrected chi connectivity index (χ0v) is 9.90. The number of carbonyl (C=O) groups is 1. The van der Waals surface area contributed by atoms with Crippen LogP contribution in [0, 0.1) is 11.6 Å². The Morgan fingerprint density at radius 1 is 1.16 bits per heavy atom. The molecular weight excluding hydrogens is 252 g/mol. The first-order valence-corrected chi connectivity index (χ1v) is 5.53. The van der Waals surface area contributed by atoms with Gasteiger partial charge in [-0.05, 0) is 36.4 Å². The van der Waals surface area contributed by atoms with Crippen LogP contribution in [0.15, 0.2) is 42.5 Å². The summed E-state index contributed by atoms with van der Waals surface area (Å²) in [6.07, 6.45) is 0. The number of nitrogens with two attached hydrogens (primary N) is 1. The lowest BCUT2D eigenvalue weighted by Crippen LogP contribution is -2.07. The van der Waals surface area contributed by atoms with Crippen LogP contribution in [0.4, 0.5) is 14.5 Å². The third-order valence-electron chi connectivity index (χ3n) is 2.49. The first-order chi connectivity index (χ1) is 9.06. The average molecular weight is 263 g/mol. The van der Waals surface area contributed by atoms with Crippen molar-refractivity contribution in [2.75, 3.05) is 5.73 Å². The number of nitrogen functional groups attached to an aromatic ring is 1. The minimum atomic E-state index is -0.643. The number of benzene rings is 2. The number of hydrogen-bond acceptors (Lipinski definition) is 3. The first kappa shape index (κ1) is 13.0. The number of anilines is 1. The fourth-order valence-corrected chi connectivity index (χ4v) is 1.55. The molecule has 0 aliphatic rings. The molecule has 0 aliphatic carbocycles. The van der Waals surface area contributed by atoms with Crippen molar-refractivity contribution in [1.29, 1.82) is 0 Å². The molecule has 5 heteroatoms. The molecule has 0 saturated heterocycles. The van der Waals surface area contributed by atoms with Crippen LogP contribution in [0.5, 0.6) is 0 Å². The fraction of sp³-hybridized carbons (Fsp3) is 0.0714. The van der Waals surface area contributed by atoms with Gasteiger partial charge in [0, 0.05) is 11.3 Å². The van der Waals surface area contributed by atoms with E-state index in [9.17, 15) is 13.6 Å². The van der Waals surface area contributed by atoms with Gasteiger partial charge in [0.25, 0.3) is 0 Å². The van der Waals surface area contributed by atoms with E-state index in [1.165, 1.54) is 12.1 Å². The summed E-state index contributed by atoms with van der Waals surface area (Å²) in [5, 5.41) is 0. The molecule has 98 valence electrons. The van der Waals surface area contributed by atoms with Gasteiger partial charge in [0.2, 0.25) is 0 Å². The van der Waals surface area contributed by atoms with Crippen LogP contribution >= 0.6 is 0 Å². The van der Waals surface area contributed by atoms with E-state index in [-0.39, 0.29) is 17.7 Å². The lowest BCUT2D eigenvalue weighted by molar-refractivity contribution is 0.0468. The molecule has 0 aliphatic heterocycles. The maximum Gasteiger partial charge on any atom is 0.338 e. The Kier molecular flexibility index (Phi) is 3.75. The Morgan fingerprint density at radius 3 is 2.68 bits per heavy atom. The Balaban J connectivity index is 2.06. The highest BCUT2D eigenvalue weighted by Gasteiger charge is 2.10. The van der Waals surface area contributed by atoms with Gasteiger partial charge < -0.3 is 10.5 Å². The summed E-state index contributed by atoms with van der Waals surface area (Å²) in [5.41, 5.74) is 6.20. The first-order valence-electron chi connectivity index (χ1n) is 5.53. The summed E-state index contributed by atoms with van der Waals surface area (Å²) in [6.45, 7) is -0.336. The molecular formula is C14H11F2NO2. The highest BCUT2D eigenvalue weighted by molar-refractivity contribution is 5.90. The number of carbonyl (C=O) groups excluding carboxylic acids is 1. The zero-order chi connectivity index (χ0) is 13.8. The molecule has 19 heavy (non-hydrogen) atoms. The molecule has 0 radical (unpaired) electrons. The van der Waals surface area contributed by atoms with Gasteiger partial charge in [0.15, 0.2) is 0 Å². The molecule has 0 atom stereocenters. The second kappa shape index (κ2) is 5.48. The normalized spacial score (nSPS) is 10.2. The second-order valence-electron chi connectivity index (χ2n) is 3.94. The van der Waals surface area contributed by atoms with Gasteiger partial charge in [-0.3, -0.25) is 0 Å². The summed E-state index contributed by atoms with van der Waals surface area (Å²) < 4.78 is 31.1. The van der Waals surface area contributed by atoms with Crippen LogP contribution in [0.2, 0.25) is 0 Å². The highest BCUT2D eigenvalue weighted by atomic mass is 19.1. The number of rotatable bonds is 3. The van der Waals surface area contributed by atoms with Gasteiger partial charge in [0.1, 0.15) is 18.2 Å². The van der Waals surface area contributed by atoms with Crippen LogP contribution in [0.1, 0.15) is 15.9 Å². The number of halogens is 2. The third kappa shape index (κ3) is 3.28. The van der Waals surface area contributed by atoms with Gasteiger partial charge >= 0.3 is 5.97 Å². The van der Waals surface area contributed by atoms with Crippen molar-refractivity contribution in [3.63, 3.8) is 0 Å². The van der Waals surface area contributed by atoms with Gasteiger partial charge in [0.05, 0.1) is 5.56 Å². The minimum Gasteiger partial charge on any atom is -0.457 e. The van der Waals surface area contributed by atoms with E-state index < -0.39 is 17.6 Å². The van der Waals surface area contributed by atoms with Crippen molar-refractivity contribution in [2.24, 2.45) is 0 Å². The average Bonchev–Trinajstić information content (AvgIpc) is 2.39. The largest absolute Gasteiger partial charge is 0.457 e. The van der Waals surface area contributed by atoms with E-state index in [2.05, 4.69) is 0 Å². The molecule has 0 unspecified atom stereocenters.